The Labute approximate surface area is 447 Å². The van der Waals surface area contributed by atoms with E-state index < -0.39 is 10.8 Å². The first-order chi connectivity index (χ1) is 37.3. The summed E-state index contributed by atoms with van der Waals surface area (Å²) in [5.74, 6) is 0. The number of para-hydroxylation sites is 3. The summed E-state index contributed by atoms with van der Waals surface area (Å²) >= 11 is 0. The monoisotopic (exact) mass is 970 g/mol. The van der Waals surface area contributed by atoms with Crippen molar-refractivity contribution in [3.8, 4) is 22.3 Å². The second kappa shape index (κ2) is 16.5. The minimum Gasteiger partial charge on any atom is -0.307 e. The molecule has 3 heteroatoms. The summed E-state index contributed by atoms with van der Waals surface area (Å²) in [4.78, 5) is 5.18. The Morgan fingerprint density at radius 3 is 1.30 bits per heavy atom. The molecule has 2 nitrogen and oxygen atoms in total. The number of hydrogen-bond donors (Lipinski definition) is 0. The molecule has 0 saturated heterocycles. The van der Waals surface area contributed by atoms with Gasteiger partial charge in [-0.25, -0.2) is 0 Å². The molecule has 0 radical (unpaired) electrons. The maximum atomic E-state index is 2.64. The number of nitrogens with zero attached hydrogens (tertiary/aromatic N) is 2. The molecule has 11 aromatic rings. The highest BCUT2D eigenvalue weighted by Crippen LogP contribution is 2.62. The second-order valence-corrected chi connectivity index (χ2v) is 21.9. The fraction of sp³-hybridized carbons (Fsp3) is 0.0959. The Bertz CT molecular complexity index is 4080. The van der Waals surface area contributed by atoms with Gasteiger partial charge in [-0.1, -0.05) is 240 Å². The largest absolute Gasteiger partial charge is 0.307 e. The lowest BCUT2D eigenvalue weighted by Crippen LogP contribution is -2.59. The van der Waals surface area contributed by atoms with Gasteiger partial charge in [-0.3, -0.25) is 0 Å². The van der Waals surface area contributed by atoms with E-state index >= 15 is 0 Å². The normalized spacial score (nSPS) is 14.5. The van der Waals surface area contributed by atoms with E-state index in [0.717, 1.165) is 11.4 Å². The quantitative estimate of drug-likeness (QED) is 0.153. The average Bonchev–Trinajstić information content (AvgIpc) is 4.03. The molecule has 0 aromatic heterocycles. The molecule has 360 valence electrons. The van der Waals surface area contributed by atoms with E-state index in [0.29, 0.717) is 0 Å². The predicted molar refractivity (Wildman–Crippen MR) is 319 cm³/mol. The van der Waals surface area contributed by atoms with Crippen LogP contribution < -0.4 is 26.2 Å². The number of hydrogen-bond acceptors (Lipinski definition) is 2. The maximum absolute atomic E-state index is 2.64. The molecule has 0 N–H and O–H groups in total. The van der Waals surface area contributed by atoms with Gasteiger partial charge in [0.25, 0.3) is 0 Å². The molecule has 0 saturated carbocycles. The van der Waals surface area contributed by atoms with Crippen molar-refractivity contribution in [2.75, 3.05) is 9.80 Å². The van der Waals surface area contributed by atoms with E-state index in [-0.39, 0.29) is 6.71 Å². The van der Waals surface area contributed by atoms with E-state index in [1.807, 2.05) is 0 Å². The first kappa shape index (κ1) is 44.6. The Morgan fingerprint density at radius 2 is 0.763 bits per heavy atom. The molecule has 0 amide bonds. The molecule has 11 aromatic carbocycles. The molecule has 2 aliphatic heterocycles. The van der Waals surface area contributed by atoms with Crippen LogP contribution >= 0.6 is 0 Å². The molecule has 0 spiro atoms. The predicted octanol–water partition coefficient (Wildman–Crippen LogP) is 16.0. The van der Waals surface area contributed by atoms with Crippen LogP contribution in [0.2, 0.25) is 0 Å². The lowest BCUT2D eigenvalue weighted by molar-refractivity contribution is 0.767. The molecule has 4 aliphatic rings. The number of anilines is 6. The zero-order valence-corrected chi connectivity index (χ0v) is 43.6. The van der Waals surface area contributed by atoms with Crippen LogP contribution in [-0.2, 0) is 10.8 Å². The molecule has 76 heavy (non-hydrogen) atoms. The van der Waals surface area contributed by atoms with Gasteiger partial charge in [-0.2, -0.15) is 0 Å². The van der Waals surface area contributed by atoms with Gasteiger partial charge in [0, 0.05) is 11.4 Å². The molecule has 0 atom stereocenters. The van der Waals surface area contributed by atoms with E-state index in [2.05, 4.69) is 287 Å². The van der Waals surface area contributed by atoms with Gasteiger partial charge < -0.3 is 9.80 Å². The fourth-order valence-corrected chi connectivity index (χ4v) is 14.8. The highest BCUT2D eigenvalue weighted by molar-refractivity contribution is 6.98. The van der Waals surface area contributed by atoms with Crippen molar-refractivity contribution in [1.82, 2.24) is 0 Å². The second-order valence-electron chi connectivity index (χ2n) is 21.9. The third kappa shape index (κ3) is 6.00. The standard InChI is InChI=1S/C73H55BN2/c1-46-33-36-56-58-43-55(35-38-60(58)72(61(56)41-46,51-21-10-6-11-22-51)52-23-12-7-13-24-52)75-66-30-18-19-31-67(66)76-69-44-59-57-37-34-47(2)42-62(57)73(53-25-14-8-15-26-53,54-27-16-9-17-28-54)63(59)45-65(69)74(64-29-20-32-68(75)71(64)76)70-49(4)39-48(3)40-50(70)5/h6-45H,1-5H3. The summed E-state index contributed by atoms with van der Waals surface area (Å²) in [6.45, 7) is 11.3. The summed E-state index contributed by atoms with van der Waals surface area (Å²) in [5, 5.41) is 0. The van der Waals surface area contributed by atoms with E-state index in [1.54, 1.807) is 0 Å². The topological polar surface area (TPSA) is 6.48 Å². The van der Waals surface area contributed by atoms with Gasteiger partial charge in [-0.05, 0) is 149 Å². The van der Waals surface area contributed by atoms with E-state index in [1.165, 1.54) is 134 Å². The van der Waals surface area contributed by atoms with Crippen LogP contribution in [0.4, 0.5) is 34.1 Å². The van der Waals surface area contributed by atoms with Gasteiger partial charge in [0.15, 0.2) is 0 Å². The maximum Gasteiger partial charge on any atom is 0.247 e. The fourth-order valence-electron chi connectivity index (χ4n) is 14.8. The summed E-state index contributed by atoms with van der Waals surface area (Å²) < 4.78 is 0. The number of fused-ring (bicyclic) bond motifs is 10. The Kier molecular flexibility index (Phi) is 9.70. The molecular weight excluding hydrogens is 916 g/mol. The third-order valence-corrected chi connectivity index (χ3v) is 17.6. The van der Waals surface area contributed by atoms with Crippen LogP contribution in [0.3, 0.4) is 0 Å². The SMILES string of the molecule is Cc1cc(C)c(B2c3cc4c(cc3N3c5ccccc5N(c5ccc6c(c5)-c5ccc(C)cc5C6(c5ccccc5)c5ccccc5)c5cccc2c53)-c2ccc(C)cc2C4(c2ccccc2)c2ccccc2)c(C)c1. The molecular formula is C73H55BN2. The summed E-state index contributed by atoms with van der Waals surface area (Å²) in [7, 11) is 0. The van der Waals surface area contributed by atoms with Gasteiger partial charge in [-0.15, -0.1) is 0 Å². The average molecular weight is 971 g/mol. The van der Waals surface area contributed by atoms with Crippen molar-refractivity contribution in [1.29, 1.82) is 0 Å². The van der Waals surface area contributed by atoms with Gasteiger partial charge in [0.2, 0.25) is 6.71 Å². The van der Waals surface area contributed by atoms with Crippen molar-refractivity contribution >= 4 is 57.2 Å². The van der Waals surface area contributed by atoms with Crippen molar-refractivity contribution in [3.63, 3.8) is 0 Å². The van der Waals surface area contributed by atoms with Crippen molar-refractivity contribution in [2.24, 2.45) is 0 Å². The van der Waals surface area contributed by atoms with Gasteiger partial charge in [0.05, 0.1) is 33.6 Å². The minimum atomic E-state index is -0.543. The summed E-state index contributed by atoms with van der Waals surface area (Å²) in [5.41, 5.74) is 32.0. The number of benzene rings is 11. The highest BCUT2D eigenvalue weighted by atomic mass is 15.3. The van der Waals surface area contributed by atoms with Crippen molar-refractivity contribution < 1.29 is 0 Å². The molecule has 0 bridgehead atoms. The number of rotatable bonds is 6. The van der Waals surface area contributed by atoms with Crippen LogP contribution in [0.25, 0.3) is 22.3 Å². The van der Waals surface area contributed by atoms with Gasteiger partial charge >= 0.3 is 0 Å². The van der Waals surface area contributed by atoms with Gasteiger partial charge in [0.1, 0.15) is 0 Å². The molecule has 2 heterocycles. The lowest BCUT2D eigenvalue weighted by atomic mass is 9.33. The Balaban J connectivity index is 1.01. The molecule has 15 rings (SSSR count). The van der Waals surface area contributed by atoms with Crippen LogP contribution in [0, 0.1) is 34.6 Å². The van der Waals surface area contributed by atoms with Crippen LogP contribution in [0.15, 0.2) is 243 Å². The van der Waals surface area contributed by atoms with Crippen LogP contribution in [-0.4, -0.2) is 6.71 Å². The summed E-state index contributed by atoms with van der Waals surface area (Å²) in [6.07, 6.45) is 0. The van der Waals surface area contributed by atoms with Crippen LogP contribution in [0.5, 0.6) is 0 Å². The first-order valence-corrected chi connectivity index (χ1v) is 26.9. The Morgan fingerprint density at radius 1 is 0.303 bits per heavy atom. The zero-order valence-electron chi connectivity index (χ0n) is 43.6. The van der Waals surface area contributed by atoms with Crippen LogP contribution in [0.1, 0.15) is 72.3 Å². The highest BCUT2D eigenvalue weighted by Gasteiger charge is 2.51. The summed E-state index contributed by atoms with van der Waals surface area (Å²) in [6, 6.07) is 92.6. The smallest absolute Gasteiger partial charge is 0.247 e. The van der Waals surface area contributed by atoms with Crippen molar-refractivity contribution in [3.05, 3.63) is 315 Å². The molecule has 0 fully saturated rings. The third-order valence-electron chi connectivity index (χ3n) is 17.6. The van der Waals surface area contributed by atoms with Crippen molar-refractivity contribution in [2.45, 2.75) is 45.4 Å². The number of aryl methyl sites for hydroxylation is 5. The van der Waals surface area contributed by atoms with E-state index in [9.17, 15) is 0 Å². The minimum absolute atomic E-state index is 0.0543. The zero-order chi connectivity index (χ0) is 51.0. The molecule has 2 aliphatic carbocycles. The Hall–Kier alpha value is -8.92. The first-order valence-electron chi connectivity index (χ1n) is 26.9. The lowest BCUT2D eigenvalue weighted by Gasteiger charge is -2.46. The van der Waals surface area contributed by atoms with E-state index in [4.69, 9.17) is 0 Å². The molecule has 0 unspecified atom stereocenters.